The van der Waals surface area contributed by atoms with Gasteiger partial charge in [0.25, 0.3) is 0 Å². The molecule has 0 heterocycles. The molecule has 0 amide bonds. The van der Waals surface area contributed by atoms with Crippen molar-refractivity contribution in [1.29, 1.82) is 0 Å². The number of hydrogen-bond donors (Lipinski definition) is 1. The summed E-state index contributed by atoms with van der Waals surface area (Å²) in [6, 6.07) is 0. The average Bonchev–Trinajstić information content (AvgIpc) is 2.29. The summed E-state index contributed by atoms with van der Waals surface area (Å²) < 4.78 is 0. The highest BCUT2D eigenvalue weighted by atomic mass is 79.9. The second-order valence-corrected chi connectivity index (χ2v) is 9.95. The molecule has 110 valence electrons. The maximum absolute atomic E-state index is 10.2. The second kappa shape index (κ2) is 5.00. The van der Waals surface area contributed by atoms with Crippen LogP contribution in [0.15, 0.2) is 11.6 Å². The van der Waals surface area contributed by atoms with Crippen molar-refractivity contribution < 1.29 is 5.11 Å². The first kappa shape index (κ1) is 16.3. The zero-order valence-corrected chi connectivity index (χ0v) is 15.9. The van der Waals surface area contributed by atoms with Gasteiger partial charge in [-0.25, -0.2) is 0 Å². The van der Waals surface area contributed by atoms with Gasteiger partial charge in [-0.15, -0.1) is 11.6 Å². The largest absolute Gasteiger partial charge is 0.388 e. The van der Waals surface area contributed by atoms with E-state index in [1.807, 2.05) is 6.08 Å². The molecule has 5 atom stereocenters. The fraction of sp³-hybridized carbons (Fsp3) is 0.867. The molecule has 1 saturated carbocycles. The maximum atomic E-state index is 10.2. The Kier molecular flexibility index (Phi) is 4.29. The van der Waals surface area contributed by atoms with Crippen LogP contribution in [0.4, 0.5) is 0 Å². The average molecular weight is 415 g/mol. The molecule has 1 unspecified atom stereocenters. The molecule has 2 aliphatic rings. The predicted molar refractivity (Wildman–Crippen MR) is 89.5 cm³/mol. The van der Waals surface area contributed by atoms with Crippen molar-refractivity contribution in [3.63, 3.8) is 0 Å². The Labute approximate surface area is 138 Å². The quantitative estimate of drug-likeness (QED) is 0.435. The van der Waals surface area contributed by atoms with Gasteiger partial charge < -0.3 is 5.11 Å². The summed E-state index contributed by atoms with van der Waals surface area (Å²) in [5, 5.41) is 10.2. The number of aliphatic hydroxyl groups excluding tert-OH is 1. The lowest BCUT2D eigenvalue weighted by Crippen LogP contribution is -2.56. The molecule has 4 heteroatoms. The molecule has 19 heavy (non-hydrogen) atoms. The summed E-state index contributed by atoms with van der Waals surface area (Å²) in [4.78, 5) is 0.218. The zero-order chi connectivity index (χ0) is 14.6. The molecule has 0 aliphatic heterocycles. The van der Waals surface area contributed by atoms with Gasteiger partial charge in [-0.05, 0) is 43.9 Å². The van der Waals surface area contributed by atoms with E-state index in [2.05, 4.69) is 59.6 Å². The van der Waals surface area contributed by atoms with Crippen LogP contribution in [0.2, 0.25) is 0 Å². The van der Waals surface area contributed by atoms with Crippen LogP contribution >= 0.6 is 43.5 Å². The summed E-state index contributed by atoms with van der Waals surface area (Å²) in [5.74, 6) is 0. The van der Waals surface area contributed by atoms with Crippen LogP contribution in [0.1, 0.15) is 47.0 Å². The van der Waals surface area contributed by atoms with Crippen LogP contribution in [0.25, 0.3) is 0 Å². The van der Waals surface area contributed by atoms with Gasteiger partial charge >= 0.3 is 0 Å². The van der Waals surface area contributed by atoms with Crippen molar-refractivity contribution in [2.24, 2.45) is 10.8 Å². The number of alkyl halides is 3. The van der Waals surface area contributed by atoms with Crippen LogP contribution in [-0.4, -0.2) is 25.7 Å². The van der Waals surface area contributed by atoms with Crippen molar-refractivity contribution in [2.45, 2.75) is 67.6 Å². The number of allylic oxidation sites excluding steroid dienone is 1. The van der Waals surface area contributed by atoms with Gasteiger partial charge in [0.05, 0.1) is 15.8 Å². The Morgan fingerprint density at radius 3 is 2.37 bits per heavy atom. The van der Waals surface area contributed by atoms with Crippen molar-refractivity contribution >= 4 is 43.5 Å². The lowest BCUT2D eigenvalue weighted by atomic mass is 9.50. The summed E-state index contributed by atoms with van der Waals surface area (Å²) in [6.07, 6.45) is 4.73. The Balaban J connectivity index is 2.45. The van der Waals surface area contributed by atoms with E-state index >= 15 is 0 Å². The molecular weight excluding hydrogens is 391 g/mol. The standard InChI is InChI=1S/C15H23Br2ClO/c1-9-7-10(19)12(17)13(2,3)15(9)6-5-14(4,18)11(16)8-15/h7,10-12,19H,5-6,8H2,1-4H3/t10-,11-,12+,14-,15?/m0/s1. The van der Waals surface area contributed by atoms with E-state index in [4.69, 9.17) is 11.6 Å². The minimum absolute atomic E-state index is 0.00462. The highest BCUT2D eigenvalue weighted by molar-refractivity contribution is 9.09. The molecule has 0 aromatic carbocycles. The lowest BCUT2D eigenvalue weighted by molar-refractivity contribution is 0.0124. The van der Waals surface area contributed by atoms with Gasteiger partial charge in [0.1, 0.15) is 0 Å². The van der Waals surface area contributed by atoms with Crippen LogP contribution in [0, 0.1) is 10.8 Å². The molecule has 2 rings (SSSR count). The van der Waals surface area contributed by atoms with Crippen LogP contribution in [0.5, 0.6) is 0 Å². The fourth-order valence-corrected chi connectivity index (χ4v) is 5.42. The Morgan fingerprint density at radius 1 is 1.26 bits per heavy atom. The molecule has 0 aromatic heterocycles. The Hall–Kier alpha value is 0.950. The minimum atomic E-state index is -0.404. The molecule has 2 aliphatic carbocycles. The maximum Gasteiger partial charge on any atom is 0.0854 e. The van der Waals surface area contributed by atoms with Crippen LogP contribution in [0.3, 0.4) is 0 Å². The summed E-state index contributed by atoms with van der Waals surface area (Å²) in [5.41, 5.74) is 1.44. The number of halogens is 3. The lowest BCUT2D eigenvalue weighted by Gasteiger charge is -2.59. The molecule has 0 radical (unpaired) electrons. The molecule has 1 fully saturated rings. The van der Waals surface area contributed by atoms with Gasteiger partial charge in [0.15, 0.2) is 0 Å². The van der Waals surface area contributed by atoms with E-state index in [0.717, 1.165) is 19.3 Å². The van der Waals surface area contributed by atoms with Gasteiger partial charge in [0.2, 0.25) is 0 Å². The molecule has 0 saturated heterocycles. The van der Waals surface area contributed by atoms with Gasteiger partial charge in [0, 0.05) is 4.83 Å². The third-order valence-corrected chi connectivity index (χ3v) is 9.36. The van der Waals surface area contributed by atoms with Crippen LogP contribution in [-0.2, 0) is 0 Å². The molecule has 1 N–H and O–H groups in total. The number of hydrogen-bond acceptors (Lipinski definition) is 1. The van der Waals surface area contributed by atoms with Crippen molar-refractivity contribution in [3.8, 4) is 0 Å². The molecule has 0 bridgehead atoms. The monoisotopic (exact) mass is 412 g/mol. The van der Waals surface area contributed by atoms with Crippen molar-refractivity contribution in [2.75, 3.05) is 0 Å². The fourth-order valence-electron chi connectivity index (χ4n) is 3.88. The van der Waals surface area contributed by atoms with Gasteiger partial charge in [-0.1, -0.05) is 57.4 Å². The third-order valence-electron chi connectivity index (χ3n) is 5.62. The molecule has 1 nitrogen and oxygen atoms in total. The van der Waals surface area contributed by atoms with Crippen LogP contribution < -0.4 is 0 Å². The first-order chi connectivity index (χ1) is 8.54. The summed E-state index contributed by atoms with van der Waals surface area (Å²) >= 11 is 14.1. The first-order valence-corrected chi connectivity index (χ1v) is 9.09. The first-order valence-electron chi connectivity index (χ1n) is 6.89. The zero-order valence-electron chi connectivity index (χ0n) is 12.0. The van der Waals surface area contributed by atoms with Crippen molar-refractivity contribution in [3.05, 3.63) is 11.6 Å². The molecule has 0 aromatic rings. The number of rotatable bonds is 0. The Morgan fingerprint density at radius 2 is 1.84 bits per heavy atom. The number of aliphatic hydroxyl groups is 1. The van der Waals surface area contributed by atoms with E-state index in [1.165, 1.54) is 5.57 Å². The second-order valence-electron chi connectivity index (χ2n) is 7.00. The summed E-state index contributed by atoms with van der Waals surface area (Å²) in [7, 11) is 0. The summed E-state index contributed by atoms with van der Waals surface area (Å²) in [6.45, 7) is 8.82. The van der Waals surface area contributed by atoms with Crippen molar-refractivity contribution in [1.82, 2.24) is 0 Å². The normalized spacial score (nSPS) is 50.1. The highest BCUT2D eigenvalue weighted by Crippen LogP contribution is 2.63. The van der Waals surface area contributed by atoms with E-state index < -0.39 is 6.10 Å². The van der Waals surface area contributed by atoms with Gasteiger partial charge in [-0.3, -0.25) is 0 Å². The predicted octanol–water partition coefficient (Wildman–Crippen LogP) is 5.03. The van der Waals surface area contributed by atoms with E-state index in [9.17, 15) is 5.11 Å². The minimum Gasteiger partial charge on any atom is -0.388 e. The van der Waals surface area contributed by atoms with E-state index in [1.54, 1.807) is 0 Å². The smallest absolute Gasteiger partial charge is 0.0854 e. The highest BCUT2D eigenvalue weighted by Gasteiger charge is 2.58. The molecule has 1 spiro atoms. The van der Waals surface area contributed by atoms with Gasteiger partial charge in [-0.2, -0.15) is 0 Å². The molecular formula is C15H23Br2ClO. The topological polar surface area (TPSA) is 20.2 Å². The van der Waals surface area contributed by atoms with E-state index in [-0.39, 0.29) is 20.5 Å². The van der Waals surface area contributed by atoms with E-state index in [0.29, 0.717) is 4.83 Å². The third kappa shape index (κ3) is 2.37. The Bertz CT molecular complexity index is 405. The SMILES string of the molecule is CC1=C[C@H](O)[C@@H](Br)C(C)(C)C12CC[C@](C)(Cl)[C@@H](Br)C2.